The van der Waals surface area contributed by atoms with Gasteiger partial charge in [-0.15, -0.1) is 0 Å². The Morgan fingerprint density at radius 2 is 2.00 bits per heavy atom. The summed E-state index contributed by atoms with van der Waals surface area (Å²) in [6.07, 6.45) is 1.80. The van der Waals surface area contributed by atoms with Crippen LogP contribution in [0.3, 0.4) is 0 Å². The highest BCUT2D eigenvalue weighted by Gasteiger charge is 2.22. The van der Waals surface area contributed by atoms with Crippen molar-refractivity contribution in [1.82, 2.24) is 0 Å². The van der Waals surface area contributed by atoms with Gasteiger partial charge in [0.15, 0.2) is 11.5 Å². The van der Waals surface area contributed by atoms with Crippen LogP contribution in [-0.2, 0) is 15.9 Å². The molecule has 1 aliphatic heterocycles. The van der Waals surface area contributed by atoms with Gasteiger partial charge >= 0.3 is 0 Å². The van der Waals surface area contributed by atoms with Gasteiger partial charge in [-0.1, -0.05) is 0 Å². The molecule has 1 aliphatic rings. The van der Waals surface area contributed by atoms with Crippen LogP contribution in [0.25, 0.3) is 0 Å². The van der Waals surface area contributed by atoms with Crippen molar-refractivity contribution in [3.8, 4) is 11.5 Å². The van der Waals surface area contributed by atoms with Crippen LogP contribution in [0.2, 0.25) is 0 Å². The van der Waals surface area contributed by atoms with Gasteiger partial charge in [-0.05, 0) is 36.1 Å². The zero-order valence-corrected chi connectivity index (χ0v) is 12.1. The van der Waals surface area contributed by atoms with Gasteiger partial charge in [-0.25, -0.2) is 0 Å². The molecule has 5 heteroatoms. The van der Waals surface area contributed by atoms with E-state index in [4.69, 9.17) is 24.1 Å². The fraction of sp³-hybridized carbons (Fsp3) is 0.600. The zero-order valence-electron chi connectivity index (χ0n) is 12.1. The molecule has 0 radical (unpaired) electrons. The molecule has 1 N–H and O–H groups in total. The molecule has 0 spiro atoms. The highest BCUT2D eigenvalue weighted by molar-refractivity contribution is 5.48. The molecule has 0 aromatic heterocycles. The molecule has 1 aromatic rings. The molecule has 0 bridgehead atoms. The fourth-order valence-electron chi connectivity index (χ4n) is 2.42. The van der Waals surface area contributed by atoms with E-state index < -0.39 is 0 Å². The average Bonchev–Trinajstić information content (AvgIpc) is 2.68. The molecule has 0 fully saturated rings. The molecule has 112 valence electrons. The van der Waals surface area contributed by atoms with Crippen molar-refractivity contribution in [3.63, 3.8) is 0 Å². The number of hydrogen-bond acceptors (Lipinski definition) is 5. The van der Waals surface area contributed by atoms with Crippen LogP contribution in [0, 0.1) is 0 Å². The number of methoxy groups -OCH3 is 2. The Labute approximate surface area is 119 Å². The molecule has 20 heavy (non-hydrogen) atoms. The summed E-state index contributed by atoms with van der Waals surface area (Å²) >= 11 is 0. The highest BCUT2D eigenvalue weighted by atomic mass is 16.5. The third-order valence-electron chi connectivity index (χ3n) is 3.41. The molecule has 1 heterocycles. The lowest BCUT2D eigenvalue weighted by molar-refractivity contribution is -0.0230. The van der Waals surface area contributed by atoms with Crippen LogP contribution in [0.5, 0.6) is 11.5 Å². The maximum absolute atomic E-state index is 8.79. The van der Waals surface area contributed by atoms with Crippen LogP contribution in [-0.4, -0.2) is 45.8 Å². The summed E-state index contributed by atoms with van der Waals surface area (Å²) in [5, 5.41) is 8.79. The number of hydrogen-bond donors (Lipinski definition) is 1. The highest BCUT2D eigenvalue weighted by Crippen LogP contribution is 2.36. The maximum atomic E-state index is 8.79. The average molecular weight is 282 g/mol. The molecule has 1 atom stereocenters. The SMILES string of the molecule is COc1cc2c(cc1OC)C(COCCO)OCCC2. The van der Waals surface area contributed by atoms with Gasteiger partial charge in [-0.3, -0.25) is 0 Å². The number of aryl methyl sites for hydroxylation is 1. The number of rotatable bonds is 6. The number of fused-ring (bicyclic) bond motifs is 1. The normalized spacial score (nSPS) is 18.2. The molecule has 0 saturated heterocycles. The predicted molar refractivity (Wildman–Crippen MR) is 74.5 cm³/mol. The van der Waals surface area contributed by atoms with E-state index in [1.807, 2.05) is 12.1 Å². The Morgan fingerprint density at radius 3 is 2.70 bits per heavy atom. The van der Waals surface area contributed by atoms with Crippen molar-refractivity contribution in [3.05, 3.63) is 23.3 Å². The van der Waals surface area contributed by atoms with Crippen molar-refractivity contribution in [1.29, 1.82) is 0 Å². The number of benzene rings is 1. The first-order valence-electron chi connectivity index (χ1n) is 6.85. The molecule has 0 aliphatic carbocycles. The van der Waals surface area contributed by atoms with E-state index in [1.54, 1.807) is 14.2 Å². The first-order valence-corrected chi connectivity index (χ1v) is 6.85. The predicted octanol–water partition coefficient (Wildman–Crippen LogP) is 1.72. The van der Waals surface area contributed by atoms with Crippen molar-refractivity contribution >= 4 is 0 Å². The lowest BCUT2D eigenvalue weighted by atomic mass is 9.99. The van der Waals surface area contributed by atoms with Crippen LogP contribution in [0.1, 0.15) is 23.7 Å². The van der Waals surface area contributed by atoms with Crippen molar-refractivity contribution < 1.29 is 24.1 Å². The summed E-state index contributed by atoms with van der Waals surface area (Å²) in [7, 11) is 3.26. The van der Waals surface area contributed by atoms with Crippen LogP contribution < -0.4 is 9.47 Å². The van der Waals surface area contributed by atoms with Gasteiger partial charge in [0, 0.05) is 6.61 Å². The number of aliphatic hydroxyl groups excluding tert-OH is 1. The van der Waals surface area contributed by atoms with E-state index >= 15 is 0 Å². The standard InChI is InChI=1S/C15H22O5/c1-17-13-8-11-4-3-6-20-15(10-19-7-5-16)12(11)9-14(13)18-2/h8-9,15-16H,3-7,10H2,1-2H3. The van der Waals surface area contributed by atoms with Crippen LogP contribution in [0.15, 0.2) is 12.1 Å². The quantitative estimate of drug-likeness (QED) is 0.805. The molecule has 1 aromatic carbocycles. The van der Waals surface area contributed by atoms with E-state index in [1.165, 1.54) is 5.56 Å². The zero-order chi connectivity index (χ0) is 14.4. The Bertz CT molecular complexity index is 433. The minimum Gasteiger partial charge on any atom is -0.493 e. The molecular formula is C15H22O5. The van der Waals surface area contributed by atoms with Gasteiger partial charge < -0.3 is 24.1 Å². The molecule has 0 amide bonds. The number of aliphatic hydroxyl groups is 1. The summed E-state index contributed by atoms with van der Waals surface area (Å²) in [4.78, 5) is 0. The minimum atomic E-state index is -0.126. The van der Waals surface area contributed by atoms with Gasteiger partial charge in [-0.2, -0.15) is 0 Å². The van der Waals surface area contributed by atoms with E-state index in [0.717, 1.165) is 24.2 Å². The van der Waals surface area contributed by atoms with Crippen molar-refractivity contribution in [2.45, 2.75) is 18.9 Å². The monoisotopic (exact) mass is 282 g/mol. The first kappa shape index (κ1) is 15.1. The van der Waals surface area contributed by atoms with Crippen molar-refractivity contribution in [2.24, 2.45) is 0 Å². The molecular weight excluding hydrogens is 260 g/mol. The van der Waals surface area contributed by atoms with Gasteiger partial charge in [0.05, 0.1) is 34.0 Å². The summed E-state index contributed by atoms with van der Waals surface area (Å²) in [6, 6.07) is 3.98. The van der Waals surface area contributed by atoms with E-state index in [9.17, 15) is 0 Å². The van der Waals surface area contributed by atoms with Crippen molar-refractivity contribution in [2.75, 3.05) is 40.6 Å². The summed E-state index contributed by atoms with van der Waals surface area (Å²) < 4.78 is 22.0. The van der Waals surface area contributed by atoms with E-state index in [0.29, 0.717) is 25.6 Å². The maximum Gasteiger partial charge on any atom is 0.161 e. The van der Waals surface area contributed by atoms with Crippen LogP contribution >= 0.6 is 0 Å². The smallest absolute Gasteiger partial charge is 0.161 e. The first-order chi connectivity index (χ1) is 9.80. The van der Waals surface area contributed by atoms with Gasteiger partial charge in [0.25, 0.3) is 0 Å². The summed E-state index contributed by atoms with van der Waals surface area (Å²) in [5.41, 5.74) is 2.29. The Balaban J connectivity index is 2.27. The topological polar surface area (TPSA) is 57.2 Å². The Kier molecular flexibility index (Phi) is 5.64. The molecule has 1 unspecified atom stereocenters. The van der Waals surface area contributed by atoms with E-state index in [2.05, 4.69) is 0 Å². The minimum absolute atomic E-state index is 0.0194. The van der Waals surface area contributed by atoms with E-state index in [-0.39, 0.29) is 12.7 Å². The second-order valence-corrected chi connectivity index (χ2v) is 4.67. The fourth-order valence-corrected chi connectivity index (χ4v) is 2.42. The Hall–Kier alpha value is -1.30. The molecule has 5 nitrogen and oxygen atoms in total. The second-order valence-electron chi connectivity index (χ2n) is 4.67. The van der Waals surface area contributed by atoms with Gasteiger partial charge in [0.2, 0.25) is 0 Å². The third kappa shape index (κ3) is 3.42. The molecule has 2 rings (SSSR count). The summed E-state index contributed by atoms with van der Waals surface area (Å²) in [6.45, 7) is 1.48. The van der Waals surface area contributed by atoms with Crippen LogP contribution in [0.4, 0.5) is 0 Å². The Morgan fingerprint density at radius 1 is 1.25 bits per heavy atom. The number of ether oxygens (including phenoxy) is 4. The third-order valence-corrected chi connectivity index (χ3v) is 3.41. The largest absolute Gasteiger partial charge is 0.493 e. The van der Waals surface area contributed by atoms with Gasteiger partial charge in [0.1, 0.15) is 6.10 Å². The summed E-state index contributed by atoms with van der Waals surface area (Å²) in [5.74, 6) is 1.44. The lowest BCUT2D eigenvalue weighted by Crippen LogP contribution is -2.14. The second kappa shape index (κ2) is 7.47. The molecule has 0 saturated carbocycles. The lowest BCUT2D eigenvalue weighted by Gasteiger charge is -2.20.